The van der Waals surface area contributed by atoms with Crippen molar-refractivity contribution in [3.8, 4) is 5.75 Å². The van der Waals surface area contributed by atoms with Gasteiger partial charge < -0.3 is 20.4 Å². The van der Waals surface area contributed by atoms with Crippen LogP contribution in [-0.2, 0) is 4.79 Å². The molecule has 172 valence electrons. The minimum atomic E-state index is -4.82. The Kier molecular flexibility index (Phi) is 6.35. The van der Waals surface area contributed by atoms with Gasteiger partial charge in [-0.05, 0) is 48.5 Å². The smallest absolute Gasteiger partial charge is 0.406 e. The molecule has 2 amide bonds. The first-order valence-corrected chi connectivity index (χ1v) is 10.1. The average Bonchev–Trinajstić information content (AvgIpc) is 3.22. The first-order chi connectivity index (χ1) is 16.3. The van der Waals surface area contributed by atoms with Gasteiger partial charge in [-0.25, -0.2) is 0 Å². The summed E-state index contributed by atoms with van der Waals surface area (Å²) in [6.45, 7) is 0. The number of amides is 2. The van der Waals surface area contributed by atoms with E-state index in [1.807, 2.05) is 24.3 Å². The lowest BCUT2D eigenvalue weighted by Gasteiger charge is -2.12. The highest BCUT2D eigenvalue weighted by molar-refractivity contribution is 6.11. The van der Waals surface area contributed by atoms with Gasteiger partial charge in [-0.3, -0.25) is 9.59 Å². The molecule has 0 fully saturated rings. The summed E-state index contributed by atoms with van der Waals surface area (Å²) in [7, 11) is 0. The van der Waals surface area contributed by atoms with Crippen LogP contribution < -0.4 is 15.4 Å². The van der Waals surface area contributed by atoms with Crippen LogP contribution in [0.25, 0.3) is 17.0 Å². The standard InChI is InChI=1S/C25H18F3N3O3/c26-25(27,28)34-19-12-10-18(11-13-19)30-24(33)22(31-23(32)16-6-2-1-3-7-16)14-17-15-29-21-9-5-4-8-20(17)21/h1-15,29H,(H,30,33)(H,31,32)/b22-14-. The normalized spacial score (nSPS) is 11.8. The molecule has 34 heavy (non-hydrogen) atoms. The highest BCUT2D eigenvalue weighted by atomic mass is 19.4. The van der Waals surface area contributed by atoms with Crippen molar-refractivity contribution in [2.75, 3.05) is 5.32 Å². The van der Waals surface area contributed by atoms with Gasteiger partial charge in [-0.2, -0.15) is 0 Å². The van der Waals surface area contributed by atoms with Crippen LogP contribution >= 0.6 is 0 Å². The number of para-hydroxylation sites is 1. The van der Waals surface area contributed by atoms with Crippen LogP contribution in [0.15, 0.2) is 90.8 Å². The van der Waals surface area contributed by atoms with E-state index in [1.165, 1.54) is 18.2 Å². The van der Waals surface area contributed by atoms with Crippen LogP contribution in [0, 0.1) is 0 Å². The first-order valence-electron chi connectivity index (χ1n) is 10.1. The van der Waals surface area contributed by atoms with E-state index in [-0.39, 0.29) is 11.4 Å². The Bertz CT molecular complexity index is 1340. The second kappa shape index (κ2) is 9.53. The minimum Gasteiger partial charge on any atom is -0.406 e. The number of nitrogens with one attached hydrogen (secondary N) is 3. The van der Waals surface area contributed by atoms with Gasteiger partial charge in [0.05, 0.1) is 0 Å². The lowest BCUT2D eigenvalue weighted by molar-refractivity contribution is -0.274. The molecule has 0 aliphatic rings. The lowest BCUT2D eigenvalue weighted by Crippen LogP contribution is -2.30. The van der Waals surface area contributed by atoms with E-state index < -0.39 is 23.9 Å². The van der Waals surface area contributed by atoms with Gasteiger partial charge in [-0.1, -0.05) is 36.4 Å². The Morgan fingerprint density at radius 2 is 1.56 bits per heavy atom. The fourth-order valence-electron chi connectivity index (χ4n) is 3.25. The molecule has 0 radical (unpaired) electrons. The molecule has 3 N–H and O–H groups in total. The second-order valence-corrected chi connectivity index (χ2v) is 7.19. The van der Waals surface area contributed by atoms with Crippen LogP contribution in [0.3, 0.4) is 0 Å². The van der Waals surface area contributed by atoms with Crippen LogP contribution in [0.1, 0.15) is 15.9 Å². The fraction of sp³-hybridized carbons (Fsp3) is 0.0400. The van der Waals surface area contributed by atoms with Gasteiger partial charge in [0.25, 0.3) is 11.8 Å². The largest absolute Gasteiger partial charge is 0.573 e. The number of rotatable bonds is 6. The third-order valence-electron chi connectivity index (χ3n) is 4.80. The van der Waals surface area contributed by atoms with Gasteiger partial charge in [-0.15, -0.1) is 13.2 Å². The average molecular weight is 465 g/mol. The van der Waals surface area contributed by atoms with Crippen LogP contribution in [0.2, 0.25) is 0 Å². The maximum Gasteiger partial charge on any atom is 0.573 e. The van der Waals surface area contributed by atoms with Crippen molar-refractivity contribution >= 4 is 34.5 Å². The van der Waals surface area contributed by atoms with Crippen molar-refractivity contribution in [2.45, 2.75) is 6.36 Å². The molecule has 1 aromatic heterocycles. The molecule has 0 saturated carbocycles. The molecular formula is C25H18F3N3O3. The molecule has 0 aliphatic heterocycles. The molecule has 9 heteroatoms. The third kappa shape index (κ3) is 5.63. The number of alkyl halides is 3. The molecule has 3 aromatic carbocycles. The number of carbonyl (C=O) groups is 2. The number of aromatic amines is 1. The van der Waals surface area contributed by atoms with E-state index in [0.29, 0.717) is 11.1 Å². The second-order valence-electron chi connectivity index (χ2n) is 7.19. The monoisotopic (exact) mass is 465 g/mol. The van der Waals surface area contributed by atoms with Crippen LogP contribution in [0.5, 0.6) is 5.75 Å². The minimum absolute atomic E-state index is 0.0470. The van der Waals surface area contributed by atoms with Crippen molar-refractivity contribution in [1.82, 2.24) is 10.3 Å². The van der Waals surface area contributed by atoms with E-state index in [2.05, 4.69) is 20.4 Å². The van der Waals surface area contributed by atoms with Crippen molar-refractivity contribution in [3.05, 3.63) is 102 Å². The molecule has 4 rings (SSSR count). The number of benzene rings is 3. The molecule has 0 spiro atoms. The zero-order chi connectivity index (χ0) is 24.1. The molecule has 0 unspecified atom stereocenters. The highest BCUT2D eigenvalue weighted by Crippen LogP contribution is 2.24. The van der Waals surface area contributed by atoms with E-state index in [4.69, 9.17) is 0 Å². The van der Waals surface area contributed by atoms with Crippen LogP contribution in [-0.4, -0.2) is 23.2 Å². The number of aromatic nitrogens is 1. The number of hydrogen-bond acceptors (Lipinski definition) is 3. The summed E-state index contributed by atoms with van der Waals surface area (Å²) in [4.78, 5) is 28.9. The third-order valence-corrected chi connectivity index (χ3v) is 4.80. The maximum absolute atomic E-state index is 13.0. The molecule has 0 atom stereocenters. The summed E-state index contributed by atoms with van der Waals surface area (Å²) < 4.78 is 40.9. The summed E-state index contributed by atoms with van der Waals surface area (Å²) in [5.74, 6) is -1.56. The van der Waals surface area contributed by atoms with Gasteiger partial charge in [0.15, 0.2) is 0 Å². The Balaban J connectivity index is 1.60. The topological polar surface area (TPSA) is 83.2 Å². The predicted octanol–water partition coefficient (Wildman–Crippen LogP) is 5.48. The summed E-state index contributed by atoms with van der Waals surface area (Å²) in [5, 5.41) is 6.04. The van der Waals surface area contributed by atoms with E-state index in [1.54, 1.807) is 36.5 Å². The molecule has 0 aliphatic carbocycles. The number of halogens is 3. The molecule has 0 bridgehead atoms. The number of carbonyl (C=O) groups excluding carboxylic acids is 2. The SMILES string of the molecule is O=C(Nc1ccc(OC(F)(F)F)cc1)/C(=C/c1c[nH]c2ccccc12)NC(=O)c1ccccc1. The van der Waals surface area contributed by atoms with E-state index in [0.717, 1.165) is 23.0 Å². The summed E-state index contributed by atoms with van der Waals surface area (Å²) in [5.41, 5.74) is 2.05. The number of anilines is 1. The number of hydrogen-bond donors (Lipinski definition) is 3. The molecule has 6 nitrogen and oxygen atoms in total. The van der Waals surface area contributed by atoms with Gasteiger partial charge in [0, 0.05) is 33.9 Å². The van der Waals surface area contributed by atoms with Gasteiger partial charge in [0.1, 0.15) is 11.4 Å². The Labute approximate surface area is 192 Å². The maximum atomic E-state index is 13.0. The van der Waals surface area contributed by atoms with E-state index >= 15 is 0 Å². The number of ether oxygens (including phenoxy) is 1. The van der Waals surface area contributed by atoms with Crippen LogP contribution in [0.4, 0.5) is 18.9 Å². The first kappa shape index (κ1) is 22.7. The molecular weight excluding hydrogens is 447 g/mol. The van der Waals surface area contributed by atoms with Crippen molar-refractivity contribution in [1.29, 1.82) is 0 Å². The summed E-state index contributed by atoms with van der Waals surface area (Å²) in [6, 6.07) is 20.5. The predicted molar refractivity (Wildman–Crippen MR) is 122 cm³/mol. The number of fused-ring (bicyclic) bond motifs is 1. The zero-order valence-corrected chi connectivity index (χ0v) is 17.5. The zero-order valence-electron chi connectivity index (χ0n) is 17.5. The number of H-pyrrole nitrogens is 1. The van der Waals surface area contributed by atoms with Crippen molar-refractivity contribution in [2.24, 2.45) is 0 Å². The fourth-order valence-corrected chi connectivity index (χ4v) is 3.25. The Morgan fingerprint density at radius 3 is 2.26 bits per heavy atom. The summed E-state index contributed by atoms with van der Waals surface area (Å²) in [6.07, 6.45) is -1.59. The van der Waals surface area contributed by atoms with Gasteiger partial charge in [0.2, 0.25) is 0 Å². The van der Waals surface area contributed by atoms with Crippen molar-refractivity contribution in [3.63, 3.8) is 0 Å². The Morgan fingerprint density at radius 1 is 0.882 bits per heavy atom. The lowest BCUT2D eigenvalue weighted by atomic mass is 10.1. The molecule has 1 heterocycles. The van der Waals surface area contributed by atoms with E-state index in [9.17, 15) is 22.8 Å². The Hall–Kier alpha value is -4.53. The van der Waals surface area contributed by atoms with Gasteiger partial charge >= 0.3 is 6.36 Å². The van der Waals surface area contributed by atoms with Crippen molar-refractivity contribution < 1.29 is 27.5 Å². The summed E-state index contributed by atoms with van der Waals surface area (Å²) >= 11 is 0. The molecule has 0 saturated heterocycles. The highest BCUT2D eigenvalue weighted by Gasteiger charge is 2.31. The molecule has 4 aromatic rings. The quantitative estimate of drug-likeness (QED) is 0.330.